The van der Waals surface area contributed by atoms with Gasteiger partial charge in [-0.25, -0.2) is 0 Å². The summed E-state index contributed by atoms with van der Waals surface area (Å²) in [5, 5.41) is 8.70. The molecule has 1 N–H and O–H groups in total. The molecule has 1 amide bonds. The maximum absolute atomic E-state index is 12.5. The van der Waals surface area contributed by atoms with Crippen LogP contribution in [-0.4, -0.2) is 66.6 Å². The van der Waals surface area contributed by atoms with E-state index < -0.39 is 5.97 Å². The van der Waals surface area contributed by atoms with Crippen molar-refractivity contribution in [2.24, 2.45) is 0 Å². The third-order valence-electron chi connectivity index (χ3n) is 3.96. The fourth-order valence-corrected chi connectivity index (χ4v) is 2.56. The molecule has 0 radical (unpaired) electrons. The highest BCUT2D eigenvalue weighted by molar-refractivity contribution is 5.94. The molecule has 22 heavy (non-hydrogen) atoms. The highest BCUT2D eigenvalue weighted by Crippen LogP contribution is 2.20. The van der Waals surface area contributed by atoms with E-state index in [1.807, 2.05) is 19.1 Å². The van der Waals surface area contributed by atoms with E-state index in [0.717, 1.165) is 5.56 Å². The van der Waals surface area contributed by atoms with E-state index in [2.05, 4.69) is 4.90 Å². The summed E-state index contributed by atoms with van der Waals surface area (Å²) in [5.41, 5.74) is 1.62. The van der Waals surface area contributed by atoms with Crippen molar-refractivity contribution >= 4 is 11.9 Å². The molecule has 0 spiro atoms. The number of aliphatic carboxylic acids is 1. The van der Waals surface area contributed by atoms with Crippen LogP contribution in [0.15, 0.2) is 18.2 Å². The Morgan fingerprint density at radius 3 is 2.50 bits per heavy atom. The van der Waals surface area contributed by atoms with E-state index in [0.29, 0.717) is 44.0 Å². The summed E-state index contributed by atoms with van der Waals surface area (Å²) in [4.78, 5) is 27.0. The molecular weight excluding hydrogens is 284 g/mol. The zero-order valence-corrected chi connectivity index (χ0v) is 13.0. The van der Waals surface area contributed by atoms with Gasteiger partial charge < -0.3 is 14.7 Å². The first-order valence-electron chi connectivity index (χ1n) is 7.39. The Hall–Kier alpha value is -2.08. The lowest BCUT2D eigenvalue weighted by atomic mass is 10.1. The number of methoxy groups -OCH3 is 1. The highest BCUT2D eigenvalue weighted by atomic mass is 16.5. The van der Waals surface area contributed by atoms with Crippen molar-refractivity contribution in [2.75, 3.05) is 39.8 Å². The molecule has 1 saturated heterocycles. The van der Waals surface area contributed by atoms with Gasteiger partial charge in [0.2, 0.25) is 0 Å². The quantitative estimate of drug-likeness (QED) is 0.886. The minimum Gasteiger partial charge on any atom is -0.496 e. The van der Waals surface area contributed by atoms with Crippen LogP contribution in [0.3, 0.4) is 0 Å². The van der Waals surface area contributed by atoms with E-state index >= 15 is 0 Å². The minimum atomic E-state index is -0.787. The number of nitrogens with zero attached hydrogens (tertiary/aromatic N) is 2. The van der Waals surface area contributed by atoms with Gasteiger partial charge in [0.25, 0.3) is 5.91 Å². The lowest BCUT2D eigenvalue weighted by Crippen LogP contribution is -2.49. The van der Waals surface area contributed by atoms with E-state index in [1.165, 1.54) is 0 Å². The zero-order chi connectivity index (χ0) is 16.1. The monoisotopic (exact) mass is 306 g/mol. The first-order chi connectivity index (χ1) is 10.5. The predicted octanol–water partition coefficient (Wildman–Crippen LogP) is 1.24. The summed E-state index contributed by atoms with van der Waals surface area (Å²) >= 11 is 0. The summed E-state index contributed by atoms with van der Waals surface area (Å²) in [7, 11) is 1.60. The van der Waals surface area contributed by atoms with E-state index in [1.54, 1.807) is 18.1 Å². The van der Waals surface area contributed by atoms with Crippen LogP contribution in [-0.2, 0) is 4.79 Å². The van der Waals surface area contributed by atoms with Crippen molar-refractivity contribution in [3.05, 3.63) is 29.3 Å². The maximum Gasteiger partial charge on any atom is 0.304 e. The zero-order valence-electron chi connectivity index (χ0n) is 13.0. The van der Waals surface area contributed by atoms with Crippen molar-refractivity contribution in [3.8, 4) is 5.75 Å². The summed E-state index contributed by atoms with van der Waals surface area (Å²) in [6, 6.07) is 5.47. The fourth-order valence-electron chi connectivity index (χ4n) is 2.56. The van der Waals surface area contributed by atoms with Crippen molar-refractivity contribution in [2.45, 2.75) is 13.3 Å². The van der Waals surface area contributed by atoms with Crippen LogP contribution < -0.4 is 4.74 Å². The molecule has 120 valence electrons. The largest absolute Gasteiger partial charge is 0.496 e. The van der Waals surface area contributed by atoms with Gasteiger partial charge in [-0.1, -0.05) is 6.07 Å². The first kappa shape index (κ1) is 16.3. The number of carbonyl (C=O) groups is 2. The van der Waals surface area contributed by atoms with Gasteiger partial charge in [-0.3, -0.25) is 14.5 Å². The number of benzene rings is 1. The average molecular weight is 306 g/mol. The Balaban J connectivity index is 1.93. The second kappa shape index (κ2) is 7.26. The third-order valence-corrected chi connectivity index (χ3v) is 3.96. The molecule has 1 heterocycles. The topological polar surface area (TPSA) is 70.1 Å². The molecule has 1 fully saturated rings. The van der Waals surface area contributed by atoms with Crippen molar-refractivity contribution < 1.29 is 19.4 Å². The van der Waals surface area contributed by atoms with Gasteiger partial charge in [0, 0.05) is 38.3 Å². The highest BCUT2D eigenvalue weighted by Gasteiger charge is 2.22. The molecule has 0 bridgehead atoms. The standard InChI is InChI=1S/C16H22N2O4/c1-12-3-4-13(11-14(12)22-2)16(21)18-9-7-17(8-10-18)6-5-15(19)20/h3-4,11H,5-10H2,1-2H3,(H,19,20). The van der Waals surface area contributed by atoms with Gasteiger partial charge in [-0.05, 0) is 24.6 Å². The van der Waals surface area contributed by atoms with Gasteiger partial charge in [0.1, 0.15) is 5.75 Å². The van der Waals surface area contributed by atoms with Gasteiger partial charge in [0.05, 0.1) is 13.5 Å². The number of carboxylic acids is 1. The number of hydrogen-bond donors (Lipinski definition) is 1. The third kappa shape index (κ3) is 3.98. The average Bonchev–Trinajstić information content (AvgIpc) is 2.53. The van der Waals surface area contributed by atoms with Crippen LogP contribution in [0.25, 0.3) is 0 Å². The Bertz CT molecular complexity index is 551. The Kier molecular flexibility index (Phi) is 5.38. The second-order valence-corrected chi connectivity index (χ2v) is 5.46. The molecular formula is C16H22N2O4. The van der Waals surface area contributed by atoms with Crippen LogP contribution in [0.2, 0.25) is 0 Å². The Labute approximate surface area is 130 Å². The maximum atomic E-state index is 12.5. The molecule has 0 saturated carbocycles. The molecule has 1 aromatic rings. The van der Waals surface area contributed by atoms with Crippen LogP contribution in [0.4, 0.5) is 0 Å². The lowest BCUT2D eigenvalue weighted by molar-refractivity contribution is -0.137. The minimum absolute atomic E-state index is 0.00353. The smallest absolute Gasteiger partial charge is 0.304 e. The number of piperazine rings is 1. The molecule has 1 aliphatic heterocycles. The summed E-state index contributed by atoms with van der Waals surface area (Å²) in [6.07, 6.45) is 0.142. The number of aryl methyl sites for hydroxylation is 1. The van der Waals surface area contributed by atoms with Crippen molar-refractivity contribution in [3.63, 3.8) is 0 Å². The number of ether oxygens (including phenoxy) is 1. The number of amides is 1. The Morgan fingerprint density at radius 1 is 1.23 bits per heavy atom. The molecule has 1 aromatic carbocycles. The molecule has 0 atom stereocenters. The van der Waals surface area contributed by atoms with Crippen LogP contribution >= 0.6 is 0 Å². The molecule has 0 unspecified atom stereocenters. The molecule has 2 rings (SSSR count). The molecule has 0 aliphatic carbocycles. The number of hydrogen-bond acceptors (Lipinski definition) is 4. The molecule has 6 nitrogen and oxygen atoms in total. The van der Waals surface area contributed by atoms with Gasteiger partial charge in [0.15, 0.2) is 0 Å². The summed E-state index contributed by atoms with van der Waals surface area (Å²) in [5.74, 6) is -0.0765. The Morgan fingerprint density at radius 2 is 1.91 bits per heavy atom. The normalized spacial score (nSPS) is 15.6. The molecule has 6 heteroatoms. The summed E-state index contributed by atoms with van der Waals surface area (Å²) in [6.45, 7) is 5.14. The van der Waals surface area contributed by atoms with E-state index in [9.17, 15) is 9.59 Å². The van der Waals surface area contributed by atoms with Gasteiger partial charge in [-0.2, -0.15) is 0 Å². The number of rotatable bonds is 5. The van der Waals surface area contributed by atoms with E-state index in [4.69, 9.17) is 9.84 Å². The fraction of sp³-hybridized carbons (Fsp3) is 0.500. The van der Waals surface area contributed by atoms with Crippen LogP contribution in [0, 0.1) is 6.92 Å². The SMILES string of the molecule is COc1cc(C(=O)N2CCN(CCC(=O)O)CC2)ccc1C. The van der Waals surface area contributed by atoms with Gasteiger partial charge in [-0.15, -0.1) is 0 Å². The number of carbonyl (C=O) groups excluding carboxylic acids is 1. The first-order valence-corrected chi connectivity index (χ1v) is 7.39. The van der Waals surface area contributed by atoms with Crippen molar-refractivity contribution in [1.29, 1.82) is 0 Å². The van der Waals surface area contributed by atoms with Gasteiger partial charge >= 0.3 is 5.97 Å². The summed E-state index contributed by atoms with van der Waals surface area (Å²) < 4.78 is 5.26. The predicted molar refractivity (Wildman–Crippen MR) is 82.3 cm³/mol. The van der Waals surface area contributed by atoms with Crippen LogP contribution in [0.1, 0.15) is 22.3 Å². The molecule has 0 aromatic heterocycles. The second-order valence-electron chi connectivity index (χ2n) is 5.46. The molecule has 1 aliphatic rings. The van der Waals surface area contributed by atoms with Crippen LogP contribution in [0.5, 0.6) is 5.75 Å². The van der Waals surface area contributed by atoms with Crippen molar-refractivity contribution in [1.82, 2.24) is 9.80 Å². The number of carboxylic acid groups (broad SMARTS) is 1. The van der Waals surface area contributed by atoms with E-state index in [-0.39, 0.29) is 12.3 Å². The lowest BCUT2D eigenvalue weighted by Gasteiger charge is -2.34.